The summed E-state index contributed by atoms with van der Waals surface area (Å²) in [5.74, 6) is -0.0204. The Morgan fingerprint density at radius 1 is 1.07 bits per heavy atom. The van der Waals surface area contributed by atoms with Crippen molar-refractivity contribution in [1.82, 2.24) is 4.90 Å². The lowest BCUT2D eigenvalue weighted by molar-refractivity contribution is -0.135. The van der Waals surface area contributed by atoms with Crippen molar-refractivity contribution in [2.24, 2.45) is 0 Å². The lowest BCUT2D eigenvalue weighted by atomic mass is 10.1. The van der Waals surface area contributed by atoms with Crippen LogP contribution in [-0.4, -0.2) is 36.9 Å². The van der Waals surface area contributed by atoms with Crippen molar-refractivity contribution in [3.05, 3.63) is 57.1 Å². The zero-order valence-electron chi connectivity index (χ0n) is 15.7. The smallest absolute Gasteiger partial charge is 0.260 e. The molecule has 0 heterocycles. The molecular weight excluding hydrogens is 387 g/mol. The van der Waals surface area contributed by atoms with Gasteiger partial charge in [-0.2, -0.15) is 0 Å². The van der Waals surface area contributed by atoms with E-state index in [0.29, 0.717) is 21.5 Å². The maximum atomic E-state index is 12.3. The summed E-state index contributed by atoms with van der Waals surface area (Å²) in [7, 11) is 1.54. The van der Waals surface area contributed by atoms with Crippen LogP contribution in [-0.2, 0) is 9.59 Å². The number of nitrogens with zero attached hydrogens (tertiary/aromatic N) is 1. The molecule has 5 nitrogen and oxygen atoms in total. The van der Waals surface area contributed by atoms with Crippen molar-refractivity contribution in [1.29, 1.82) is 0 Å². The molecule has 0 radical (unpaired) electrons. The molecule has 0 aromatic heterocycles. The van der Waals surface area contributed by atoms with Gasteiger partial charge in [-0.25, -0.2) is 0 Å². The van der Waals surface area contributed by atoms with Crippen LogP contribution in [0.4, 0.5) is 5.69 Å². The fraction of sp³-hybridized carbons (Fsp3) is 0.300. The summed E-state index contributed by atoms with van der Waals surface area (Å²) in [5, 5.41) is 3.29. The third-order valence-corrected chi connectivity index (χ3v) is 4.61. The second-order valence-electron chi connectivity index (χ2n) is 6.41. The number of amides is 2. The number of benzene rings is 2. The molecule has 0 saturated heterocycles. The van der Waals surface area contributed by atoms with E-state index >= 15 is 0 Å². The van der Waals surface area contributed by atoms with Gasteiger partial charge in [0.25, 0.3) is 5.91 Å². The van der Waals surface area contributed by atoms with Gasteiger partial charge in [0.2, 0.25) is 5.91 Å². The quantitative estimate of drug-likeness (QED) is 0.770. The first-order valence-corrected chi connectivity index (χ1v) is 9.13. The topological polar surface area (TPSA) is 58.6 Å². The number of para-hydroxylation sites is 1. The van der Waals surface area contributed by atoms with Crippen LogP contribution in [0.3, 0.4) is 0 Å². The lowest BCUT2D eigenvalue weighted by Gasteiger charge is -2.19. The number of halogens is 2. The molecule has 0 fully saturated rings. The molecule has 0 bridgehead atoms. The van der Waals surface area contributed by atoms with Crippen molar-refractivity contribution < 1.29 is 14.3 Å². The van der Waals surface area contributed by atoms with Crippen LogP contribution in [0, 0.1) is 20.8 Å². The number of hydrogen-bond donors (Lipinski definition) is 1. The third-order valence-electron chi connectivity index (χ3n) is 3.98. The molecule has 0 unspecified atom stereocenters. The van der Waals surface area contributed by atoms with Gasteiger partial charge < -0.3 is 15.0 Å². The summed E-state index contributed by atoms with van der Waals surface area (Å²) >= 11 is 12.1. The van der Waals surface area contributed by atoms with Crippen LogP contribution in [0.25, 0.3) is 0 Å². The van der Waals surface area contributed by atoms with Gasteiger partial charge in [0.05, 0.1) is 22.3 Å². The van der Waals surface area contributed by atoms with Crippen LogP contribution < -0.4 is 10.1 Å². The maximum absolute atomic E-state index is 12.3. The van der Waals surface area contributed by atoms with Crippen LogP contribution >= 0.6 is 23.2 Å². The molecule has 1 N–H and O–H groups in total. The van der Waals surface area contributed by atoms with Crippen molar-refractivity contribution in [2.75, 3.05) is 25.5 Å². The molecule has 2 rings (SSSR count). The van der Waals surface area contributed by atoms with Crippen LogP contribution in [0.15, 0.2) is 30.3 Å². The number of carbonyl (C=O) groups excluding carboxylic acids is 2. The van der Waals surface area contributed by atoms with Gasteiger partial charge in [-0.1, -0.05) is 47.0 Å². The highest BCUT2D eigenvalue weighted by atomic mass is 35.5. The van der Waals surface area contributed by atoms with Gasteiger partial charge in [-0.05, 0) is 44.0 Å². The average Bonchev–Trinajstić information content (AvgIpc) is 2.57. The molecule has 0 aliphatic rings. The molecular formula is C20H22Cl2N2O3. The number of rotatable bonds is 6. The molecule has 0 atom stereocenters. The van der Waals surface area contributed by atoms with Gasteiger partial charge >= 0.3 is 0 Å². The van der Waals surface area contributed by atoms with Gasteiger partial charge in [0.1, 0.15) is 5.75 Å². The molecule has 7 heteroatoms. The normalized spacial score (nSPS) is 10.4. The molecule has 2 aromatic rings. The molecule has 144 valence electrons. The predicted molar refractivity (Wildman–Crippen MR) is 109 cm³/mol. The molecule has 0 saturated carbocycles. The van der Waals surface area contributed by atoms with Gasteiger partial charge in [-0.3, -0.25) is 9.59 Å². The summed E-state index contributed by atoms with van der Waals surface area (Å²) in [6, 6.07) is 8.92. The summed E-state index contributed by atoms with van der Waals surface area (Å²) in [4.78, 5) is 25.8. The first kappa shape index (κ1) is 21.1. The zero-order valence-corrected chi connectivity index (χ0v) is 17.2. The Hall–Kier alpha value is -2.24. The monoisotopic (exact) mass is 408 g/mol. The number of hydrogen-bond acceptors (Lipinski definition) is 3. The summed E-state index contributed by atoms with van der Waals surface area (Å²) in [6.07, 6.45) is 0. The van der Waals surface area contributed by atoms with Gasteiger partial charge in [0, 0.05) is 7.05 Å². The first-order chi connectivity index (χ1) is 12.7. The molecule has 0 aliphatic carbocycles. The van der Waals surface area contributed by atoms with E-state index in [-0.39, 0.29) is 19.1 Å². The van der Waals surface area contributed by atoms with E-state index in [1.165, 1.54) is 11.9 Å². The Labute approximate surface area is 169 Å². The zero-order chi connectivity index (χ0) is 20.1. The highest BCUT2D eigenvalue weighted by molar-refractivity contribution is 6.39. The Kier molecular flexibility index (Phi) is 7.11. The number of nitrogens with one attached hydrogen (secondary N) is 1. The van der Waals surface area contributed by atoms with Crippen LogP contribution in [0.2, 0.25) is 10.0 Å². The highest BCUT2D eigenvalue weighted by Crippen LogP contribution is 2.29. The van der Waals surface area contributed by atoms with Gasteiger partial charge in [0.15, 0.2) is 6.61 Å². The molecule has 2 amide bonds. The van der Waals surface area contributed by atoms with Crippen molar-refractivity contribution in [2.45, 2.75) is 20.8 Å². The Bertz CT molecular complexity index is 825. The lowest BCUT2D eigenvalue weighted by Crippen LogP contribution is -2.37. The SMILES string of the molecule is Cc1cc(C)c(OCC(=O)N(C)CC(=O)Nc2c(Cl)cccc2Cl)c(C)c1. The van der Waals surface area contributed by atoms with Crippen molar-refractivity contribution in [3.63, 3.8) is 0 Å². The molecule has 2 aromatic carbocycles. The van der Waals surface area contributed by atoms with E-state index in [2.05, 4.69) is 5.32 Å². The van der Waals surface area contributed by atoms with E-state index in [1.807, 2.05) is 32.9 Å². The fourth-order valence-corrected chi connectivity index (χ4v) is 3.23. The number of carbonyl (C=O) groups is 2. The molecule has 0 spiro atoms. The Morgan fingerprint density at radius 3 is 2.19 bits per heavy atom. The largest absolute Gasteiger partial charge is 0.483 e. The Morgan fingerprint density at radius 2 is 1.63 bits per heavy atom. The van der Waals surface area contributed by atoms with Crippen molar-refractivity contribution >= 4 is 40.7 Å². The summed E-state index contributed by atoms with van der Waals surface area (Å²) in [6.45, 7) is 5.58. The fourth-order valence-electron chi connectivity index (χ4n) is 2.74. The molecule has 0 aliphatic heterocycles. The summed E-state index contributed by atoms with van der Waals surface area (Å²) < 4.78 is 5.68. The highest BCUT2D eigenvalue weighted by Gasteiger charge is 2.16. The van der Waals surface area contributed by atoms with E-state index in [1.54, 1.807) is 18.2 Å². The first-order valence-electron chi connectivity index (χ1n) is 8.37. The predicted octanol–water partition coefficient (Wildman–Crippen LogP) is 4.39. The molecule has 27 heavy (non-hydrogen) atoms. The Balaban J connectivity index is 1.93. The maximum Gasteiger partial charge on any atom is 0.260 e. The van der Waals surface area contributed by atoms with E-state index in [0.717, 1.165) is 16.7 Å². The average molecular weight is 409 g/mol. The standard InChI is InChI=1S/C20H22Cl2N2O3/c1-12-8-13(2)20(14(3)9-12)27-11-18(26)24(4)10-17(25)23-19-15(21)6-5-7-16(19)22/h5-9H,10-11H2,1-4H3,(H,23,25). The minimum absolute atomic E-state index is 0.143. The van der Waals surface area contributed by atoms with E-state index in [4.69, 9.17) is 27.9 Å². The summed E-state index contributed by atoms with van der Waals surface area (Å²) in [5.41, 5.74) is 3.40. The minimum Gasteiger partial charge on any atom is -0.483 e. The van der Waals surface area contributed by atoms with E-state index < -0.39 is 5.91 Å². The van der Waals surface area contributed by atoms with E-state index in [9.17, 15) is 9.59 Å². The number of ether oxygens (including phenoxy) is 1. The van der Waals surface area contributed by atoms with Gasteiger partial charge in [-0.15, -0.1) is 0 Å². The third kappa shape index (κ3) is 5.62. The second-order valence-corrected chi connectivity index (χ2v) is 7.23. The van der Waals surface area contributed by atoms with Crippen LogP contribution in [0.5, 0.6) is 5.75 Å². The second kappa shape index (κ2) is 9.11. The number of aryl methyl sites for hydroxylation is 3. The number of anilines is 1. The van der Waals surface area contributed by atoms with Crippen LogP contribution in [0.1, 0.15) is 16.7 Å². The van der Waals surface area contributed by atoms with Crippen molar-refractivity contribution in [3.8, 4) is 5.75 Å². The number of likely N-dealkylation sites (N-methyl/N-ethyl adjacent to an activating group) is 1. The minimum atomic E-state index is -0.399.